The molecule has 18 heavy (non-hydrogen) atoms. The van der Waals surface area contributed by atoms with Gasteiger partial charge in [-0.15, -0.1) is 0 Å². The highest BCUT2D eigenvalue weighted by atomic mass is 32.2. The molecule has 0 saturated carbocycles. The molecule has 0 spiro atoms. The first kappa shape index (κ1) is 13.5. The predicted molar refractivity (Wildman–Crippen MR) is 66.4 cm³/mol. The van der Waals surface area contributed by atoms with E-state index in [0.717, 1.165) is 0 Å². The van der Waals surface area contributed by atoms with Gasteiger partial charge in [0.05, 0.1) is 12.3 Å². The maximum Gasteiger partial charge on any atom is 0.246 e. The molecule has 2 N–H and O–H groups in total. The first-order valence-corrected chi connectivity index (χ1v) is 7.42. The number of hydrogen-bond donors (Lipinski definition) is 2. The number of aliphatic hydroxyl groups is 1. The second kappa shape index (κ2) is 4.64. The highest BCUT2D eigenvalue weighted by Crippen LogP contribution is 2.31. The second-order valence-corrected chi connectivity index (χ2v) is 7.52. The van der Waals surface area contributed by atoms with E-state index in [9.17, 15) is 13.5 Å². The molecule has 0 radical (unpaired) electrons. The maximum atomic E-state index is 12.4. The molecule has 0 aliphatic carbocycles. The summed E-state index contributed by atoms with van der Waals surface area (Å²) in [5, 5.41) is 16.0. The average Bonchev–Trinajstić information content (AvgIpc) is 2.72. The largest absolute Gasteiger partial charge is 0.393 e. The summed E-state index contributed by atoms with van der Waals surface area (Å²) in [7, 11) is -3.51. The normalized spacial score (nSPS) is 25.8. The Morgan fingerprint density at radius 2 is 2.28 bits per heavy atom. The molecule has 1 aromatic heterocycles. The van der Waals surface area contributed by atoms with Gasteiger partial charge in [0, 0.05) is 19.3 Å². The van der Waals surface area contributed by atoms with Gasteiger partial charge in [0.25, 0.3) is 0 Å². The lowest BCUT2D eigenvalue weighted by Gasteiger charge is -2.28. The summed E-state index contributed by atoms with van der Waals surface area (Å²) in [6.07, 6.45) is 3.34. The fourth-order valence-corrected chi connectivity index (χ4v) is 3.94. The van der Waals surface area contributed by atoms with Gasteiger partial charge in [0.15, 0.2) is 0 Å². The smallest absolute Gasteiger partial charge is 0.246 e. The van der Waals surface area contributed by atoms with Crippen molar-refractivity contribution in [3.05, 3.63) is 12.4 Å². The first-order valence-electron chi connectivity index (χ1n) is 5.98. The number of hydrogen-bond acceptors (Lipinski definition) is 4. The standard InChI is InChI=1S/C11H19N3O3S/c1-11(2)5-9(15)3-4-14(8-11)18(16,17)10-6-12-13-7-10/h6-7,9,15H,3-5,8H2,1-2H3,(H,12,13). The Morgan fingerprint density at radius 1 is 1.56 bits per heavy atom. The molecule has 1 aliphatic heterocycles. The van der Waals surface area contributed by atoms with E-state index in [-0.39, 0.29) is 10.3 Å². The number of aromatic nitrogens is 2. The van der Waals surface area contributed by atoms with Crippen molar-refractivity contribution in [1.82, 2.24) is 14.5 Å². The topological polar surface area (TPSA) is 86.3 Å². The zero-order valence-corrected chi connectivity index (χ0v) is 11.4. The Labute approximate surface area is 107 Å². The van der Waals surface area contributed by atoms with Crippen LogP contribution < -0.4 is 0 Å². The summed E-state index contributed by atoms with van der Waals surface area (Å²) in [5.74, 6) is 0. The van der Waals surface area contributed by atoms with Crippen molar-refractivity contribution in [2.24, 2.45) is 5.41 Å². The molecule has 0 bridgehead atoms. The van der Waals surface area contributed by atoms with Gasteiger partial charge >= 0.3 is 0 Å². The van der Waals surface area contributed by atoms with Gasteiger partial charge in [0.1, 0.15) is 4.90 Å². The fraction of sp³-hybridized carbons (Fsp3) is 0.727. The average molecular weight is 273 g/mol. The lowest BCUT2D eigenvalue weighted by Crippen LogP contribution is -2.37. The molecule has 6 nitrogen and oxygen atoms in total. The van der Waals surface area contributed by atoms with Crippen LogP contribution in [-0.2, 0) is 10.0 Å². The van der Waals surface area contributed by atoms with Crippen LogP contribution in [0.15, 0.2) is 17.3 Å². The number of sulfonamides is 1. The van der Waals surface area contributed by atoms with Gasteiger partial charge in [-0.25, -0.2) is 8.42 Å². The Hall–Kier alpha value is -0.920. The Morgan fingerprint density at radius 3 is 2.89 bits per heavy atom. The number of nitrogens with one attached hydrogen (secondary N) is 1. The minimum atomic E-state index is -3.51. The molecule has 2 rings (SSSR count). The van der Waals surface area contributed by atoms with Crippen molar-refractivity contribution in [3.63, 3.8) is 0 Å². The number of nitrogens with zero attached hydrogens (tertiary/aromatic N) is 2. The van der Waals surface area contributed by atoms with Gasteiger partial charge < -0.3 is 5.11 Å². The molecule has 1 saturated heterocycles. The number of aliphatic hydroxyl groups excluding tert-OH is 1. The van der Waals surface area contributed by atoms with Gasteiger partial charge in [-0.3, -0.25) is 5.10 Å². The lowest BCUT2D eigenvalue weighted by molar-refractivity contribution is 0.122. The van der Waals surface area contributed by atoms with E-state index >= 15 is 0 Å². The Bertz CT molecular complexity index is 496. The Kier molecular flexibility index (Phi) is 3.48. The quantitative estimate of drug-likeness (QED) is 0.825. The van der Waals surface area contributed by atoms with Crippen LogP contribution in [0.1, 0.15) is 26.7 Å². The summed E-state index contributed by atoms with van der Waals surface area (Å²) in [5.41, 5.74) is -0.229. The summed E-state index contributed by atoms with van der Waals surface area (Å²) in [6.45, 7) is 4.70. The SMILES string of the molecule is CC1(C)CC(O)CCN(S(=O)(=O)c2cn[nH]c2)C1. The van der Waals surface area contributed by atoms with Crippen molar-refractivity contribution >= 4 is 10.0 Å². The summed E-state index contributed by atoms with van der Waals surface area (Å²) >= 11 is 0. The molecule has 1 aliphatic rings. The van der Waals surface area contributed by atoms with Crippen LogP contribution in [0.25, 0.3) is 0 Å². The molecular formula is C11H19N3O3S. The van der Waals surface area contributed by atoms with Crippen LogP contribution in [0.5, 0.6) is 0 Å². The van der Waals surface area contributed by atoms with E-state index in [1.165, 1.54) is 16.7 Å². The van der Waals surface area contributed by atoms with Crippen molar-refractivity contribution in [3.8, 4) is 0 Å². The lowest BCUT2D eigenvalue weighted by atomic mass is 9.87. The second-order valence-electron chi connectivity index (χ2n) is 5.58. The molecular weight excluding hydrogens is 254 g/mol. The van der Waals surface area contributed by atoms with Crippen LogP contribution >= 0.6 is 0 Å². The first-order chi connectivity index (χ1) is 8.31. The van der Waals surface area contributed by atoms with E-state index in [1.807, 2.05) is 13.8 Å². The molecule has 1 fully saturated rings. The minimum absolute atomic E-state index is 0.176. The monoisotopic (exact) mass is 273 g/mol. The third-order valence-corrected chi connectivity index (χ3v) is 5.03. The molecule has 1 aromatic rings. The third-order valence-electron chi connectivity index (χ3n) is 3.22. The molecule has 102 valence electrons. The van der Waals surface area contributed by atoms with Gasteiger partial charge in [-0.05, 0) is 18.3 Å². The molecule has 2 heterocycles. The summed E-state index contributed by atoms with van der Waals surface area (Å²) < 4.78 is 26.2. The molecule has 1 atom stereocenters. The van der Waals surface area contributed by atoms with E-state index in [1.54, 1.807) is 0 Å². The number of H-pyrrole nitrogens is 1. The zero-order valence-electron chi connectivity index (χ0n) is 10.6. The van der Waals surface area contributed by atoms with Crippen molar-refractivity contribution in [2.45, 2.75) is 37.7 Å². The minimum Gasteiger partial charge on any atom is -0.393 e. The van der Waals surface area contributed by atoms with Crippen LogP contribution in [0.2, 0.25) is 0 Å². The van der Waals surface area contributed by atoms with Crippen molar-refractivity contribution in [1.29, 1.82) is 0 Å². The van der Waals surface area contributed by atoms with Crippen molar-refractivity contribution < 1.29 is 13.5 Å². The van der Waals surface area contributed by atoms with E-state index < -0.39 is 16.1 Å². The molecule has 7 heteroatoms. The van der Waals surface area contributed by atoms with E-state index in [0.29, 0.717) is 25.9 Å². The summed E-state index contributed by atoms with van der Waals surface area (Å²) in [4.78, 5) is 0.176. The van der Waals surface area contributed by atoms with Crippen molar-refractivity contribution in [2.75, 3.05) is 13.1 Å². The number of aromatic amines is 1. The van der Waals surface area contributed by atoms with Crippen LogP contribution in [-0.4, -0.2) is 47.2 Å². The zero-order chi connectivity index (χ0) is 13.4. The molecule has 0 amide bonds. The predicted octanol–water partition coefficient (Wildman–Crippen LogP) is 0.581. The van der Waals surface area contributed by atoms with Gasteiger partial charge in [-0.2, -0.15) is 9.40 Å². The highest BCUT2D eigenvalue weighted by molar-refractivity contribution is 7.89. The highest BCUT2D eigenvalue weighted by Gasteiger charge is 2.35. The number of rotatable bonds is 2. The van der Waals surface area contributed by atoms with Crippen LogP contribution in [0, 0.1) is 5.41 Å². The Balaban J connectivity index is 2.28. The third kappa shape index (κ3) is 2.73. The van der Waals surface area contributed by atoms with Crippen LogP contribution in [0.3, 0.4) is 0 Å². The fourth-order valence-electron chi connectivity index (χ4n) is 2.39. The van der Waals surface area contributed by atoms with E-state index in [2.05, 4.69) is 10.2 Å². The summed E-state index contributed by atoms with van der Waals surface area (Å²) in [6, 6.07) is 0. The van der Waals surface area contributed by atoms with Gasteiger partial charge in [0.2, 0.25) is 10.0 Å². The molecule has 0 aromatic carbocycles. The van der Waals surface area contributed by atoms with Crippen LogP contribution in [0.4, 0.5) is 0 Å². The van der Waals surface area contributed by atoms with E-state index in [4.69, 9.17) is 0 Å². The molecule has 1 unspecified atom stereocenters. The maximum absolute atomic E-state index is 12.4. The van der Waals surface area contributed by atoms with Gasteiger partial charge in [-0.1, -0.05) is 13.8 Å².